The van der Waals surface area contributed by atoms with Crippen molar-refractivity contribution in [2.24, 2.45) is 0 Å². The quantitative estimate of drug-likeness (QED) is 0.834. The van der Waals surface area contributed by atoms with E-state index in [2.05, 4.69) is 11.9 Å². The molecule has 0 spiro atoms. The Bertz CT molecular complexity index is 450. The number of hydrogen-bond acceptors (Lipinski definition) is 3. The Morgan fingerprint density at radius 3 is 2.48 bits per heavy atom. The summed E-state index contributed by atoms with van der Waals surface area (Å²) in [6.07, 6.45) is 2.11. The van der Waals surface area contributed by atoms with Crippen molar-refractivity contribution in [2.75, 3.05) is 33.3 Å². The first-order valence-corrected chi connectivity index (χ1v) is 7.77. The number of benzene rings is 1. The number of carbonyl (C=O) groups excluding carboxylic acids is 1. The smallest absolute Gasteiger partial charge is 0.260 e. The monoisotopic (exact) mass is 290 g/mol. The summed E-state index contributed by atoms with van der Waals surface area (Å²) in [5.74, 6) is 0.848. The summed E-state index contributed by atoms with van der Waals surface area (Å²) in [5.41, 5.74) is 1.19. The molecule has 116 valence electrons. The Balaban J connectivity index is 1.86. The summed E-state index contributed by atoms with van der Waals surface area (Å²) in [6.45, 7) is 7.09. The maximum absolute atomic E-state index is 12.4. The van der Waals surface area contributed by atoms with E-state index in [4.69, 9.17) is 4.74 Å². The summed E-state index contributed by atoms with van der Waals surface area (Å²) < 4.78 is 5.62. The minimum absolute atomic E-state index is 0.0904. The van der Waals surface area contributed by atoms with E-state index in [1.807, 2.05) is 43.0 Å². The summed E-state index contributed by atoms with van der Waals surface area (Å²) in [7, 11) is 2.13. The molecule has 4 nitrogen and oxygen atoms in total. The predicted octanol–water partition coefficient (Wildman–Crippen LogP) is 2.32. The molecule has 1 aromatic rings. The van der Waals surface area contributed by atoms with Crippen molar-refractivity contribution in [3.8, 4) is 5.75 Å². The minimum Gasteiger partial charge on any atom is -0.484 e. The zero-order valence-electron chi connectivity index (χ0n) is 13.3. The van der Waals surface area contributed by atoms with Gasteiger partial charge < -0.3 is 14.5 Å². The minimum atomic E-state index is 0.0904. The highest BCUT2D eigenvalue weighted by Gasteiger charge is 2.25. The van der Waals surface area contributed by atoms with Crippen LogP contribution in [0.15, 0.2) is 24.3 Å². The van der Waals surface area contributed by atoms with Crippen LogP contribution in [0.3, 0.4) is 0 Å². The number of carbonyl (C=O) groups is 1. The number of nitrogens with zero attached hydrogens (tertiary/aromatic N) is 2. The first-order chi connectivity index (χ1) is 10.1. The van der Waals surface area contributed by atoms with E-state index in [0.717, 1.165) is 38.2 Å². The average Bonchev–Trinajstić information content (AvgIpc) is 2.49. The molecule has 0 atom stereocenters. The van der Waals surface area contributed by atoms with Crippen molar-refractivity contribution in [2.45, 2.75) is 32.7 Å². The largest absolute Gasteiger partial charge is 0.484 e. The molecule has 1 saturated heterocycles. The fourth-order valence-corrected chi connectivity index (χ4v) is 2.81. The molecule has 0 radical (unpaired) electrons. The summed E-state index contributed by atoms with van der Waals surface area (Å²) in [4.78, 5) is 16.7. The first-order valence-electron chi connectivity index (χ1n) is 7.77. The lowest BCUT2D eigenvalue weighted by Gasteiger charge is -2.36. The maximum atomic E-state index is 12.4. The van der Waals surface area contributed by atoms with Gasteiger partial charge in [0.15, 0.2) is 6.61 Å². The molecule has 0 saturated carbocycles. The number of likely N-dealkylation sites (tertiary alicyclic amines) is 1. The van der Waals surface area contributed by atoms with Gasteiger partial charge >= 0.3 is 0 Å². The van der Waals surface area contributed by atoms with Crippen LogP contribution in [0.4, 0.5) is 0 Å². The van der Waals surface area contributed by atoms with Gasteiger partial charge in [-0.25, -0.2) is 0 Å². The lowest BCUT2D eigenvalue weighted by molar-refractivity contribution is -0.136. The van der Waals surface area contributed by atoms with Gasteiger partial charge in [0.2, 0.25) is 0 Å². The molecule has 1 aromatic carbocycles. The molecule has 0 aliphatic carbocycles. The van der Waals surface area contributed by atoms with Gasteiger partial charge in [0, 0.05) is 12.6 Å². The number of aryl methyl sites for hydroxylation is 1. The van der Waals surface area contributed by atoms with Crippen molar-refractivity contribution >= 4 is 5.91 Å². The highest BCUT2D eigenvalue weighted by Crippen LogP contribution is 2.16. The van der Waals surface area contributed by atoms with Crippen LogP contribution < -0.4 is 4.74 Å². The number of piperidine rings is 1. The highest BCUT2D eigenvalue weighted by atomic mass is 16.5. The van der Waals surface area contributed by atoms with Gasteiger partial charge in [-0.15, -0.1) is 0 Å². The predicted molar refractivity (Wildman–Crippen MR) is 84.6 cm³/mol. The molecule has 21 heavy (non-hydrogen) atoms. The van der Waals surface area contributed by atoms with E-state index in [1.54, 1.807) is 0 Å². The molecule has 1 aliphatic rings. The normalized spacial score (nSPS) is 16.7. The highest BCUT2D eigenvalue weighted by molar-refractivity contribution is 5.78. The Morgan fingerprint density at radius 2 is 1.90 bits per heavy atom. The fraction of sp³-hybridized carbons (Fsp3) is 0.588. The molecule has 2 rings (SSSR count). The van der Waals surface area contributed by atoms with E-state index in [0.29, 0.717) is 6.04 Å². The molecule has 0 N–H and O–H groups in total. The molecular weight excluding hydrogens is 264 g/mol. The number of hydrogen-bond donors (Lipinski definition) is 0. The lowest BCUT2D eigenvalue weighted by atomic mass is 10.0. The summed E-state index contributed by atoms with van der Waals surface area (Å²) >= 11 is 0. The van der Waals surface area contributed by atoms with E-state index < -0.39 is 0 Å². The fourth-order valence-electron chi connectivity index (χ4n) is 2.81. The van der Waals surface area contributed by atoms with Crippen molar-refractivity contribution in [3.63, 3.8) is 0 Å². The number of amides is 1. The van der Waals surface area contributed by atoms with Crippen LogP contribution in [-0.2, 0) is 4.79 Å². The van der Waals surface area contributed by atoms with Gasteiger partial charge in [0.05, 0.1) is 0 Å². The number of likely N-dealkylation sites (N-methyl/N-ethyl adjacent to an activating group) is 1. The summed E-state index contributed by atoms with van der Waals surface area (Å²) in [6, 6.07) is 8.17. The Labute approximate surface area is 127 Å². The van der Waals surface area contributed by atoms with Crippen molar-refractivity contribution in [1.29, 1.82) is 0 Å². The van der Waals surface area contributed by atoms with Crippen LogP contribution in [0, 0.1) is 6.92 Å². The van der Waals surface area contributed by atoms with Crippen LogP contribution in [0.2, 0.25) is 0 Å². The average molecular weight is 290 g/mol. The van der Waals surface area contributed by atoms with E-state index >= 15 is 0 Å². The maximum Gasteiger partial charge on any atom is 0.260 e. The van der Waals surface area contributed by atoms with Crippen LogP contribution in [-0.4, -0.2) is 55.0 Å². The zero-order chi connectivity index (χ0) is 15.2. The van der Waals surface area contributed by atoms with Gasteiger partial charge in [-0.05, 0) is 59.0 Å². The van der Waals surface area contributed by atoms with Crippen LogP contribution in [0.25, 0.3) is 0 Å². The molecular formula is C17H26N2O2. The third kappa shape index (κ3) is 4.46. The second-order valence-corrected chi connectivity index (χ2v) is 5.82. The lowest BCUT2D eigenvalue weighted by Crippen LogP contribution is -2.47. The number of ether oxygens (including phenoxy) is 1. The molecule has 1 fully saturated rings. The Morgan fingerprint density at radius 1 is 1.29 bits per heavy atom. The molecule has 4 heteroatoms. The standard InChI is InChI=1S/C17H26N2O2/c1-4-19(15-9-11-18(3)12-10-15)17(20)13-21-16-7-5-14(2)6-8-16/h5-8,15H,4,9-13H2,1-3H3. The second kappa shape index (κ2) is 7.46. The molecule has 0 bridgehead atoms. The van der Waals surface area contributed by atoms with Crippen molar-refractivity contribution in [3.05, 3.63) is 29.8 Å². The molecule has 0 aromatic heterocycles. The Hall–Kier alpha value is -1.55. The molecule has 0 unspecified atom stereocenters. The zero-order valence-corrected chi connectivity index (χ0v) is 13.3. The van der Waals surface area contributed by atoms with Gasteiger partial charge in [0.25, 0.3) is 5.91 Å². The Kier molecular flexibility index (Phi) is 5.62. The van der Waals surface area contributed by atoms with Crippen molar-refractivity contribution in [1.82, 2.24) is 9.80 Å². The van der Waals surface area contributed by atoms with E-state index in [1.165, 1.54) is 5.56 Å². The molecule has 1 amide bonds. The van der Waals surface area contributed by atoms with Crippen LogP contribution in [0.5, 0.6) is 5.75 Å². The third-order valence-corrected chi connectivity index (χ3v) is 4.17. The van der Waals surface area contributed by atoms with Crippen LogP contribution in [0.1, 0.15) is 25.3 Å². The van der Waals surface area contributed by atoms with Crippen LogP contribution >= 0.6 is 0 Å². The second-order valence-electron chi connectivity index (χ2n) is 5.82. The van der Waals surface area contributed by atoms with E-state index in [-0.39, 0.29) is 12.5 Å². The molecule has 1 heterocycles. The topological polar surface area (TPSA) is 32.8 Å². The van der Waals surface area contributed by atoms with Gasteiger partial charge in [-0.1, -0.05) is 17.7 Å². The SMILES string of the molecule is CCN(C(=O)COc1ccc(C)cc1)C1CCN(C)CC1. The van der Waals surface area contributed by atoms with Gasteiger partial charge in [-0.2, -0.15) is 0 Å². The van der Waals surface area contributed by atoms with Gasteiger partial charge in [-0.3, -0.25) is 4.79 Å². The van der Waals surface area contributed by atoms with Gasteiger partial charge in [0.1, 0.15) is 5.75 Å². The van der Waals surface area contributed by atoms with E-state index in [9.17, 15) is 4.79 Å². The third-order valence-electron chi connectivity index (χ3n) is 4.17. The summed E-state index contributed by atoms with van der Waals surface area (Å²) in [5, 5.41) is 0. The first kappa shape index (κ1) is 15.8. The number of rotatable bonds is 5. The molecule has 1 aliphatic heterocycles. The van der Waals surface area contributed by atoms with Crippen molar-refractivity contribution < 1.29 is 9.53 Å².